The van der Waals surface area contributed by atoms with Gasteiger partial charge in [-0.05, 0) is 51.3 Å². The van der Waals surface area contributed by atoms with Crippen LogP contribution in [0.2, 0.25) is 0 Å². The van der Waals surface area contributed by atoms with E-state index in [1.807, 2.05) is 0 Å². The van der Waals surface area contributed by atoms with E-state index in [9.17, 15) is 27.1 Å². The van der Waals surface area contributed by atoms with Crippen molar-refractivity contribution in [1.82, 2.24) is 19.7 Å². The van der Waals surface area contributed by atoms with Crippen molar-refractivity contribution in [3.05, 3.63) is 98.5 Å². The maximum absolute atomic E-state index is 13.7. The van der Waals surface area contributed by atoms with Crippen LogP contribution >= 0.6 is 15.9 Å². The molecule has 0 bridgehead atoms. The number of aromatic nitrogens is 4. The van der Waals surface area contributed by atoms with Crippen molar-refractivity contribution in [3.8, 4) is 17.3 Å². The third kappa shape index (κ3) is 5.69. The summed E-state index contributed by atoms with van der Waals surface area (Å²) in [6, 6.07) is 10.8. The lowest BCUT2D eigenvalue weighted by Gasteiger charge is -2.28. The highest BCUT2D eigenvalue weighted by Gasteiger charge is 2.31. The van der Waals surface area contributed by atoms with Gasteiger partial charge < -0.3 is 9.67 Å². The maximum Gasteiger partial charge on any atom is 0.264 e. The van der Waals surface area contributed by atoms with Crippen molar-refractivity contribution in [1.29, 1.82) is 0 Å². The van der Waals surface area contributed by atoms with Gasteiger partial charge in [0.25, 0.3) is 10.1 Å². The number of hydrogen-bond donors (Lipinski definition) is 2. The zero-order chi connectivity index (χ0) is 26.0. The second kappa shape index (κ2) is 10.3. The van der Waals surface area contributed by atoms with Gasteiger partial charge in [-0.25, -0.2) is 13.8 Å². The van der Waals surface area contributed by atoms with Crippen molar-refractivity contribution in [2.24, 2.45) is 0 Å². The fraction of sp³-hybridized carbons (Fsp3) is 0.174. The number of H-pyrrole nitrogens is 1. The lowest BCUT2D eigenvalue weighted by Crippen LogP contribution is -2.31. The number of hydrogen-bond acceptors (Lipinski definition) is 7. The quantitative estimate of drug-likeness (QED) is 0.305. The molecule has 1 unspecified atom stereocenters. The van der Waals surface area contributed by atoms with Gasteiger partial charge in [-0.15, -0.1) is 0 Å². The molecule has 2 heterocycles. The highest BCUT2D eigenvalue weighted by atomic mass is 79.9. The number of benzene rings is 2. The van der Waals surface area contributed by atoms with E-state index in [0.717, 1.165) is 12.5 Å². The van der Waals surface area contributed by atoms with Gasteiger partial charge in [0.15, 0.2) is 11.6 Å². The average Bonchev–Trinajstić information content (AvgIpc) is 3.17. The summed E-state index contributed by atoms with van der Waals surface area (Å²) in [7, 11) is -4.03. The van der Waals surface area contributed by atoms with E-state index in [-0.39, 0.29) is 18.1 Å². The molecule has 0 fully saturated rings. The monoisotopic (exact) mass is 580 g/mol. The first-order valence-electron chi connectivity index (χ1n) is 10.4. The molecule has 2 aromatic heterocycles. The minimum Gasteiger partial charge on any atom is -0.503 e. The number of imidazole rings is 1. The van der Waals surface area contributed by atoms with Gasteiger partial charge in [-0.1, -0.05) is 24.3 Å². The molecule has 0 radical (unpaired) electrons. The Labute approximate surface area is 212 Å². The number of nitrogens with zero attached hydrogens (tertiary/aromatic N) is 3. The first kappa shape index (κ1) is 25.7. The Morgan fingerprint density at radius 2 is 1.61 bits per heavy atom. The zero-order valence-electron chi connectivity index (χ0n) is 18.6. The van der Waals surface area contributed by atoms with Crippen LogP contribution in [0.1, 0.15) is 17.0 Å². The van der Waals surface area contributed by atoms with Crippen molar-refractivity contribution >= 4 is 26.0 Å². The molecule has 2 N–H and O–H groups in total. The molecule has 188 valence electrons. The maximum atomic E-state index is 13.7. The van der Waals surface area contributed by atoms with Crippen molar-refractivity contribution in [3.63, 3.8) is 0 Å². The minimum absolute atomic E-state index is 0.0728. The Morgan fingerprint density at radius 3 is 2.14 bits per heavy atom. The first-order valence-corrected chi connectivity index (χ1v) is 13.0. The van der Waals surface area contributed by atoms with E-state index >= 15 is 0 Å². The van der Waals surface area contributed by atoms with Crippen LogP contribution in [0.25, 0.3) is 11.5 Å². The van der Waals surface area contributed by atoms with Gasteiger partial charge in [0, 0.05) is 5.92 Å². The summed E-state index contributed by atoms with van der Waals surface area (Å²) in [5.41, 5.74) is 0.180. The number of rotatable bonds is 8. The fourth-order valence-corrected chi connectivity index (χ4v) is 4.87. The molecule has 4 rings (SSSR count). The van der Waals surface area contributed by atoms with Crippen LogP contribution < -0.4 is 5.43 Å². The van der Waals surface area contributed by atoms with Gasteiger partial charge >= 0.3 is 0 Å². The number of aromatic hydroxyl groups is 1. The second-order valence-corrected chi connectivity index (χ2v) is 10.3. The Hall–Kier alpha value is -3.42. The molecular formula is C23H19BrF2N4O5S. The van der Waals surface area contributed by atoms with E-state index in [2.05, 4.69) is 31.1 Å². The molecule has 0 aliphatic rings. The SMILES string of the molecule is CS(=O)(=O)OC(Cn1c(Br)cnc1-c1[nH]ncc(=O)c1O)C(c1ccc(F)cc1)c1ccc(F)cc1. The van der Waals surface area contributed by atoms with Gasteiger partial charge in [-0.3, -0.25) is 14.1 Å². The molecule has 0 amide bonds. The molecule has 0 aliphatic heterocycles. The van der Waals surface area contributed by atoms with Crippen LogP contribution in [-0.2, 0) is 20.8 Å². The molecule has 0 saturated carbocycles. The van der Waals surface area contributed by atoms with Gasteiger partial charge in [0.05, 0.1) is 25.2 Å². The lowest BCUT2D eigenvalue weighted by molar-refractivity contribution is 0.171. The number of aromatic amines is 1. The average molecular weight is 581 g/mol. The molecule has 1 atom stereocenters. The summed E-state index contributed by atoms with van der Waals surface area (Å²) in [4.78, 5) is 16.1. The third-order valence-corrected chi connectivity index (χ3v) is 6.58. The van der Waals surface area contributed by atoms with E-state index in [1.54, 1.807) is 0 Å². The van der Waals surface area contributed by atoms with Crippen molar-refractivity contribution in [2.45, 2.75) is 18.6 Å². The largest absolute Gasteiger partial charge is 0.503 e. The van der Waals surface area contributed by atoms with Crippen molar-refractivity contribution in [2.75, 3.05) is 6.26 Å². The molecule has 2 aromatic carbocycles. The normalized spacial score (nSPS) is 12.7. The van der Waals surface area contributed by atoms with E-state index < -0.39 is 45.0 Å². The summed E-state index contributed by atoms with van der Waals surface area (Å²) in [6.07, 6.45) is 2.03. The number of nitrogens with one attached hydrogen (secondary N) is 1. The van der Waals surface area contributed by atoms with Crippen LogP contribution in [0.5, 0.6) is 5.75 Å². The molecule has 4 aromatic rings. The van der Waals surface area contributed by atoms with E-state index in [0.29, 0.717) is 15.7 Å². The predicted octanol–water partition coefficient (Wildman–Crippen LogP) is 3.56. The summed E-state index contributed by atoms with van der Waals surface area (Å²) in [5.74, 6) is -2.34. The molecule has 0 aliphatic carbocycles. The summed E-state index contributed by atoms with van der Waals surface area (Å²) in [6.45, 7) is -0.168. The molecular weight excluding hydrogens is 562 g/mol. The predicted molar refractivity (Wildman–Crippen MR) is 130 cm³/mol. The fourth-order valence-electron chi connectivity index (χ4n) is 3.83. The van der Waals surface area contributed by atoms with Crippen LogP contribution in [0.3, 0.4) is 0 Å². The van der Waals surface area contributed by atoms with Crippen LogP contribution in [0.15, 0.2) is 70.3 Å². The molecule has 0 saturated heterocycles. The Balaban J connectivity index is 1.87. The van der Waals surface area contributed by atoms with Crippen LogP contribution in [0, 0.1) is 11.6 Å². The van der Waals surface area contributed by atoms with Crippen LogP contribution in [0.4, 0.5) is 8.78 Å². The molecule has 36 heavy (non-hydrogen) atoms. The smallest absolute Gasteiger partial charge is 0.264 e. The summed E-state index contributed by atoms with van der Waals surface area (Å²) < 4.78 is 59.4. The van der Waals surface area contributed by atoms with Gasteiger partial charge in [0.2, 0.25) is 5.43 Å². The van der Waals surface area contributed by atoms with Crippen molar-refractivity contribution < 1.29 is 26.5 Å². The summed E-state index contributed by atoms with van der Waals surface area (Å²) in [5, 5.41) is 16.5. The Morgan fingerprint density at radius 1 is 1.06 bits per heavy atom. The van der Waals surface area contributed by atoms with Gasteiger partial charge in [0.1, 0.15) is 28.0 Å². The molecule has 0 spiro atoms. The standard InChI is InChI=1S/C23H19BrF2N4O5S/c1-36(33,34)35-18(12-30-19(24)11-27-23(30)21-22(32)17(31)10-28-29-21)20(13-2-6-15(25)7-3-13)14-4-8-16(26)9-5-14/h2-11,18,20H,12H2,1H3,(H,28,32)(H,29,31). The zero-order valence-corrected chi connectivity index (χ0v) is 21.0. The molecule has 9 nitrogen and oxygen atoms in total. The topological polar surface area (TPSA) is 127 Å². The first-order chi connectivity index (χ1) is 17.0. The Bertz CT molecular complexity index is 1490. The molecule has 13 heteroatoms. The van der Waals surface area contributed by atoms with E-state index in [4.69, 9.17) is 4.18 Å². The van der Waals surface area contributed by atoms with E-state index in [1.165, 1.54) is 59.3 Å². The van der Waals surface area contributed by atoms with Gasteiger partial charge in [-0.2, -0.15) is 13.5 Å². The third-order valence-electron chi connectivity index (χ3n) is 5.35. The highest BCUT2D eigenvalue weighted by molar-refractivity contribution is 9.10. The lowest BCUT2D eigenvalue weighted by atomic mass is 9.86. The van der Waals surface area contributed by atoms with Crippen LogP contribution in [-0.4, -0.2) is 45.6 Å². The number of halogens is 3. The Kier molecular flexibility index (Phi) is 7.33. The highest BCUT2D eigenvalue weighted by Crippen LogP contribution is 2.34. The minimum atomic E-state index is -4.03. The summed E-state index contributed by atoms with van der Waals surface area (Å²) >= 11 is 3.35. The second-order valence-electron chi connectivity index (χ2n) is 7.89.